The minimum atomic E-state index is -1.03. The van der Waals surface area contributed by atoms with Gasteiger partial charge in [-0.3, -0.25) is 24.5 Å². The summed E-state index contributed by atoms with van der Waals surface area (Å²) in [6.07, 6.45) is -0.188. The van der Waals surface area contributed by atoms with Gasteiger partial charge >= 0.3 is 0 Å². The van der Waals surface area contributed by atoms with Crippen LogP contribution in [0.4, 0.5) is 11.4 Å². The van der Waals surface area contributed by atoms with Crippen LogP contribution in [0.5, 0.6) is 5.75 Å². The highest BCUT2D eigenvalue weighted by Gasteiger charge is 2.38. The van der Waals surface area contributed by atoms with E-state index < -0.39 is 28.5 Å². The molecule has 3 amide bonds. The number of carbonyl (C=O) groups is 3. The molecule has 0 saturated carbocycles. The lowest BCUT2D eigenvalue weighted by Crippen LogP contribution is -2.59. The van der Waals surface area contributed by atoms with Gasteiger partial charge in [0.2, 0.25) is 11.8 Å². The van der Waals surface area contributed by atoms with E-state index in [0.29, 0.717) is 26.2 Å². The molecule has 2 aromatic carbocycles. The summed E-state index contributed by atoms with van der Waals surface area (Å²) >= 11 is 6.13. The first-order chi connectivity index (χ1) is 17.3. The van der Waals surface area contributed by atoms with E-state index in [1.165, 1.54) is 23.1 Å². The third-order valence-electron chi connectivity index (χ3n) is 6.44. The Morgan fingerprint density at radius 2 is 1.81 bits per heavy atom. The fraction of sp³-hybridized carbons (Fsp3) is 0.375. The lowest BCUT2D eigenvalue weighted by Gasteiger charge is -2.39. The molecule has 11 nitrogen and oxygen atoms in total. The van der Waals surface area contributed by atoms with Crippen LogP contribution in [0, 0.1) is 10.1 Å². The monoisotopic (exact) mass is 515 g/mol. The van der Waals surface area contributed by atoms with Crippen LogP contribution in [0.3, 0.4) is 0 Å². The first-order valence-corrected chi connectivity index (χ1v) is 11.9. The molecule has 0 bridgehead atoms. The molecule has 4 rings (SSSR count). The van der Waals surface area contributed by atoms with E-state index in [2.05, 4.69) is 10.2 Å². The molecular weight excluding hydrogens is 490 g/mol. The first kappa shape index (κ1) is 25.2. The van der Waals surface area contributed by atoms with Crippen molar-refractivity contribution in [2.75, 3.05) is 51.3 Å². The molecule has 0 unspecified atom stereocenters. The number of hydrogen-bond donors (Lipinski definition) is 1. The number of methoxy groups -OCH3 is 1. The Hall–Kier alpha value is -3.86. The predicted molar refractivity (Wildman–Crippen MR) is 132 cm³/mol. The van der Waals surface area contributed by atoms with Gasteiger partial charge in [-0.05, 0) is 30.3 Å². The molecule has 2 aliphatic rings. The Balaban J connectivity index is 1.43. The number of rotatable bonds is 6. The number of nitrogens with one attached hydrogen (secondary N) is 1. The molecule has 0 aliphatic carbocycles. The number of carbonyl (C=O) groups excluding carboxylic acids is 3. The van der Waals surface area contributed by atoms with E-state index >= 15 is 0 Å². The van der Waals surface area contributed by atoms with E-state index in [0.717, 1.165) is 11.4 Å². The number of halogens is 1. The van der Waals surface area contributed by atoms with Crippen molar-refractivity contribution in [1.29, 1.82) is 0 Å². The van der Waals surface area contributed by atoms with Crippen LogP contribution in [0.25, 0.3) is 0 Å². The number of nitrogens with zero attached hydrogens (tertiary/aromatic N) is 4. The maximum Gasteiger partial charge on any atom is 0.288 e. The van der Waals surface area contributed by atoms with Crippen molar-refractivity contribution < 1.29 is 24.0 Å². The van der Waals surface area contributed by atoms with Gasteiger partial charge in [-0.2, -0.15) is 0 Å². The Labute approximate surface area is 212 Å². The molecule has 1 atom stereocenters. The number of ether oxygens (including phenoxy) is 1. The third-order valence-corrected chi connectivity index (χ3v) is 6.83. The van der Waals surface area contributed by atoms with Crippen molar-refractivity contribution >= 4 is 40.7 Å². The molecule has 2 heterocycles. The zero-order chi connectivity index (χ0) is 25.8. The standard InChI is InChI=1S/C24H26ClN5O6/c1-36-17-7-5-16(6-8-17)27-11-13-28(14-12-27)21(31)15-20-23(32)26-9-10-29(20)24(33)18-3-2-4-19(22(18)25)30(34)35/h2-8,20H,9-15H2,1H3,(H,26,32)/t20-/m0/s1. The van der Waals surface area contributed by atoms with Gasteiger partial charge in [-0.25, -0.2) is 0 Å². The second kappa shape index (κ2) is 10.8. The number of hydrogen-bond acceptors (Lipinski definition) is 7. The quantitative estimate of drug-likeness (QED) is 0.460. The van der Waals surface area contributed by atoms with Crippen molar-refractivity contribution in [3.63, 3.8) is 0 Å². The summed E-state index contributed by atoms with van der Waals surface area (Å²) in [6.45, 7) is 2.57. The number of anilines is 1. The van der Waals surface area contributed by atoms with Crippen molar-refractivity contribution in [1.82, 2.24) is 15.1 Å². The first-order valence-electron chi connectivity index (χ1n) is 11.5. The SMILES string of the molecule is COc1ccc(N2CCN(C(=O)C[C@H]3C(=O)NCCN3C(=O)c3cccc([N+](=O)[O-])c3Cl)CC2)cc1. The van der Waals surface area contributed by atoms with E-state index in [4.69, 9.17) is 16.3 Å². The summed E-state index contributed by atoms with van der Waals surface area (Å²) in [5, 5.41) is 13.6. The van der Waals surface area contributed by atoms with Gasteiger partial charge < -0.3 is 24.8 Å². The molecule has 36 heavy (non-hydrogen) atoms. The van der Waals surface area contributed by atoms with E-state index in [1.807, 2.05) is 24.3 Å². The highest BCUT2D eigenvalue weighted by Crippen LogP contribution is 2.30. The fourth-order valence-electron chi connectivity index (χ4n) is 4.44. The summed E-state index contributed by atoms with van der Waals surface area (Å²) in [5.41, 5.74) is 0.553. The summed E-state index contributed by atoms with van der Waals surface area (Å²) in [7, 11) is 1.61. The van der Waals surface area contributed by atoms with Crippen molar-refractivity contribution in [2.45, 2.75) is 12.5 Å². The van der Waals surface area contributed by atoms with Crippen LogP contribution in [-0.2, 0) is 9.59 Å². The zero-order valence-corrected chi connectivity index (χ0v) is 20.4. The van der Waals surface area contributed by atoms with Crippen LogP contribution >= 0.6 is 11.6 Å². The highest BCUT2D eigenvalue weighted by molar-refractivity contribution is 6.35. The molecule has 190 valence electrons. The van der Waals surface area contributed by atoms with Gasteiger partial charge in [0.05, 0.1) is 24.0 Å². The van der Waals surface area contributed by atoms with E-state index in [1.54, 1.807) is 12.0 Å². The van der Waals surface area contributed by atoms with Crippen LogP contribution in [-0.4, -0.2) is 84.9 Å². The molecule has 2 saturated heterocycles. The van der Waals surface area contributed by atoms with Gasteiger partial charge in [0.1, 0.15) is 16.8 Å². The van der Waals surface area contributed by atoms with E-state index in [-0.39, 0.29) is 36.0 Å². The predicted octanol–water partition coefficient (Wildman–Crippen LogP) is 1.94. The van der Waals surface area contributed by atoms with Gasteiger partial charge in [0, 0.05) is 51.0 Å². The molecule has 1 N–H and O–H groups in total. The largest absolute Gasteiger partial charge is 0.497 e. The zero-order valence-electron chi connectivity index (χ0n) is 19.7. The maximum absolute atomic E-state index is 13.3. The molecule has 0 spiro atoms. The minimum absolute atomic E-state index is 0.0777. The van der Waals surface area contributed by atoms with Crippen molar-refractivity contribution in [2.24, 2.45) is 0 Å². The molecular formula is C24H26ClN5O6. The van der Waals surface area contributed by atoms with Crippen LogP contribution in [0.15, 0.2) is 42.5 Å². The Kier molecular flexibility index (Phi) is 7.58. The topological polar surface area (TPSA) is 125 Å². The molecule has 0 radical (unpaired) electrons. The highest BCUT2D eigenvalue weighted by atomic mass is 35.5. The van der Waals surface area contributed by atoms with Crippen molar-refractivity contribution in [3.8, 4) is 5.75 Å². The summed E-state index contributed by atoms with van der Waals surface area (Å²) in [4.78, 5) is 54.7. The molecule has 2 fully saturated rings. The number of benzene rings is 2. The number of piperazine rings is 2. The molecule has 2 aromatic rings. The Morgan fingerprint density at radius 1 is 1.11 bits per heavy atom. The smallest absolute Gasteiger partial charge is 0.288 e. The average Bonchev–Trinajstić information content (AvgIpc) is 2.89. The number of nitro benzene ring substituents is 1. The minimum Gasteiger partial charge on any atom is -0.497 e. The van der Waals surface area contributed by atoms with Crippen LogP contribution in [0.1, 0.15) is 16.8 Å². The summed E-state index contributed by atoms with van der Waals surface area (Å²) in [6, 6.07) is 10.6. The molecule has 12 heteroatoms. The lowest BCUT2D eigenvalue weighted by atomic mass is 10.0. The number of nitro groups is 1. The maximum atomic E-state index is 13.3. The Bertz CT molecular complexity index is 1170. The normalized spacial score (nSPS) is 18.0. The van der Waals surface area contributed by atoms with Gasteiger partial charge in [-0.15, -0.1) is 0 Å². The fourth-order valence-corrected chi connectivity index (χ4v) is 4.72. The van der Waals surface area contributed by atoms with Gasteiger partial charge in [-0.1, -0.05) is 17.7 Å². The van der Waals surface area contributed by atoms with Gasteiger partial charge in [0.15, 0.2) is 0 Å². The van der Waals surface area contributed by atoms with Crippen LogP contribution < -0.4 is 15.0 Å². The summed E-state index contributed by atoms with van der Waals surface area (Å²) in [5.74, 6) is -0.541. The average molecular weight is 516 g/mol. The molecule has 2 aliphatic heterocycles. The number of amides is 3. The molecule has 0 aromatic heterocycles. The Morgan fingerprint density at radius 3 is 2.44 bits per heavy atom. The third kappa shape index (κ3) is 5.20. The van der Waals surface area contributed by atoms with Crippen molar-refractivity contribution in [3.05, 3.63) is 63.2 Å². The second-order valence-corrected chi connectivity index (χ2v) is 8.85. The second-order valence-electron chi connectivity index (χ2n) is 8.47. The summed E-state index contributed by atoms with van der Waals surface area (Å²) < 4.78 is 5.19. The van der Waals surface area contributed by atoms with Gasteiger partial charge in [0.25, 0.3) is 11.6 Å². The van der Waals surface area contributed by atoms with Crippen LogP contribution in [0.2, 0.25) is 5.02 Å². The lowest BCUT2D eigenvalue weighted by molar-refractivity contribution is -0.384. The van der Waals surface area contributed by atoms with E-state index in [9.17, 15) is 24.5 Å².